The van der Waals surface area contributed by atoms with Gasteiger partial charge in [-0.3, -0.25) is 9.20 Å². The molecule has 1 amide bonds. The van der Waals surface area contributed by atoms with Crippen LogP contribution in [0.2, 0.25) is 0 Å². The van der Waals surface area contributed by atoms with Crippen molar-refractivity contribution in [3.63, 3.8) is 0 Å². The maximum Gasteiger partial charge on any atom is 0.251 e. The van der Waals surface area contributed by atoms with Crippen molar-refractivity contribution >= 4 is 28.7 Å². The summed E-state index contributed by atoms with van der Waals surface area (Å²) in [5.74, 6) is -0.182. The summed E-state index contributed by atoms with van der Waals surface area (Å²) in [6.07, 6.45) is 7.55. The summed E-state index contributed by atoms with van der Waals surface area (Å²) >= 11 is 0. The number of fused-ring (bicyclic) bond motifs is 1. The van der Waals surface area contributed by atoms with Gasteiger partial charge in [0.25, 0.3) is 5.91 Å². The molecule has 0 bridgehead atoms. The van der Waals surface area contributed by atoms with E-state index in [4.69, 9.17) is 5.73 Å². The van der Waals surface area contributed by atoms with Crippen LogP contribution in [-0.4, -0.2) is 51.9 Å². The number of nitrogens with two attached hydrogens (primary N) is 1. The van der Waals surface area contributed by atoms with E-state index >= 15 is 0 Å². The molecule has 2 aromatic heterocycles. The van der Waals surface area contributed by atoms with Gasteiger partial charge >= 0.3 is 0 Å². The number of aromatic nitrogens is 3. The second-order valence-electron chi connectivity index (χ2n) is 9.00. The number of rotatable bonds is 7. The fourth-order valence-electron chi connectivity index (χ4n) is 4.43. The number of piperidine rings is 1. The predicted molar refractivity (Wildman–Crippen MR) is 135 cm³/mol. The van der Waals surface area contributed by atoms with E-state index < -0.39 is 11.7 Å². The highest BCUT2D eigenvalue weighted by Gasteiger charge is 2.17. The summed E-state index contributed by atoms with van der Waals surface area (Å²) < 4.78 is 16.1. The Labute approximate surface area is 203 Å². The number of amides is 1. The lowest BCUT2D eigenvalue weighted by molar-refractivity contribution is 0.0996. The van der Waals surface area contributed by atoms with E-state index in [9.17, 15) is 9.18 Å². The summed E-state index contributed by atoms with van der Waals surface area (Å²) in [5.41, 5.74) is 8.85. The molecule has 9 heteroatoms. The van der Waals surface area contributed by atoms with Gasteiger partial charge in [-0.25, -0.2) is 14.4 Å². The Hall–Kier alpha value is -3.98. The van der Waals surface area contributed by atoms with Gasteiger partial charge in [0.1, 0.15) is 5.82 Å². The zero-order chi connectivity index (χ0) is 24.4. The summed E-state index contributed by atoms with van der Waals surface area (Å²) in [6, 6.07) is 12.4. The average molecular weight is 474 g/mol. The fraction of sp³-hybridized carbons (Fsp3) is 0.269. The molecule has 8 nitrogen and oxygen atoms in total. The Morgan fingerprint density at radius 1 is 1.11 bits per heavy atom. The number of primary amides is 1. The molecule has 1 aliphatic heterocycles. The maximum atomic E-state index is 14.3. The molecular weight excluding hydrogens is 445 g/mol. The van der Waals surface area contributed by atoms with Gasteiger partial charge in [0.05, 0.1) is 17.5 Å². The third-order valence-corrected chi connectivity index (χ3v) is 6.54. The normalized spacial score (nSPS) is 14.8. The molecule has 35 heavy (non-hydrogen) atoms. The molecule has 180 valence electrons. The van der Waals surface area contributed by atoms with Crippen LogP contribution in [0.1, 0.15) is 23.2 Å². The Morgan fingerprint density at radius 2 is 1.86 bits per heavy atom. The lowest BCUT2D eigenvalue weighted by Gasteiger charge is -2.29. The molecule has 0 radical (unpaired) electrons. The first-order valence-electron chi connectivity index (χ1n) is 11.7. The number of nitrogens with zero attached hydrogens (tertiary/aromatic N) is 4. The minimum atomic E-state index is -0.803. The van der Waals surface area contributed by atoms with E-state index in [-0.39, 0.29) is 5.56 Å². The van der Waals surface area contributed by atoms with Crippen LogP contribution in [0, 0.1) is 11.7 Å². The van der Waals surface area contributed by atoms with Crippen LogP contribution < -0.4 is 16.4 Å². The summed E-state index contributed by atoms with van der Waals surface area (Å²) in [4.78, 5) is 22.7. The minimum absolute atomic E-state index is 0.147. The van der Waals surface area contributed by atoms with E-state index in [1.54, 1.807) is 24.7 Å². The smallest absolute Gasteiger partial charge is 0.251 e. The van der Waals surface area contributed by atoms with Crippen molar-refractivity contribution in [1.29, 1.82) is 0 Å². The summed E-state index contributed by atoms with van der Waals surface area (Å²) in [6.45, 7) is 3.31. The van der Waals surface area contributed by atoms with E-state index in [1.807, 2.05) is 16.5 Å². The predicted octanol–water partition coefficient (Wildman–Crippen LogP) is 4.13. The molecule has 5 rings (SSSR count). The maximum absolute atomic E-state index is 14.3. The SMILES string of the molecule is CN1CCC(CNc2ccc(Nc3ncc(-c4ccc(C(N)=O)c(F)c4)n4ccnc34)cc2)CC1. The molecule has 0 atom stereocenters. The number of halogens is 1. The molecule has 1 saturated heterocycles. The lowest BCUT2D eigenvalue weighted by atomic mass is 9.97. The van der Waals surface area contributed by atoms with Gasteiger partial charge < -0.3 is 21.3 Å². The molecular formula is C26H28FN7O. The molecule has 3 heterocycles. The first-order valence-corrected chi connectivity index (χ1v) is 11.7. The van der Waals surface area contributed by atoms with Gasteiger partial charge in [-0.2, -0.15) is 0 Å². The van der Waals surface area contributed by atoms with Crippen molar-refractivity contribution in [2.75, 3.05) is 37.3 Å². The summed E-state index contributed by atoms with van der Waals surface area (Å²) in [7, 11) is 2.18. The van der Waals surface area contributed by atoms with Crippen LogP contribution in [0.15, 0.2) is 61.1 Å². The van der Waals surface area contributed by atoms with E-state index in [0.717, 1.165) is 31.0 Å². The Bertz CT molecular complexity index is 1340. The van der Waals surface area contributed by atoms with Gasteiger partial charge in [0.2, 0.25) is 0 Å². The largest absolute Gasteiger partial charge is 0.385 e. The molecule has 1 aliphatic rings. The van der Waals surface area contributed by atoms with Crippen LogP contribution in [0.4, 0.5) is 21.6 Å². The molecule has 2 aromatic carbocycles. The van der Waals surface area contributed by atoms with Gasteiger partial charge in [0, 0.05) is 35.9 Å². The number of benzene rings is 2. The quantitative estimate of drug-likeness (QED) is 0.373. The standard InChI is InChI=1S/C26H28FN7O/c1-33-11-8-17(9-12-33)15-30-19-3-5-20(6-4-19)32-25-26-29-10-13-34(26)23(16-31-25)18-2-7-21(24(28)35)22(27)14-18/h2-7,10,13-14,16-17,30H,8-9,11-12,15H2,1H3,(H2,28,35)(H,31,32). The highest BCUT2D eigenvalue weighted by molar-refractivity contribution is 5.93. The fourth-order valence-corrected chi connectivity index (χ4v) is 4.43. The third kappa shape index (κ3) is 4.95. The molecule has 4 N–H and O–H groups in total. The molecule has 0 aliphatic carbocycles. The lowest BCUT2D eigenvalue weighted by Crippen LogP contribution is -2.32. The number of carbonyl (C=O) groups is 1. The first kappa shape index (κ1) is 22.8. The number of anilines is 3. The van der Waals surface area contributed by atoms with Crippen LogP contribution in [0.5, 0.6) is 0 Å². The Kier molecular flexibility index (Phi) is 6.33. The molecule has 4 aromatic rings. The first-order chi connectivity index (χ1) is 17.0. The summed E-state index contributed by atoms with van der Waals surface area (Å²) in [5, 5.41) is 6.87. The third-order valence-electron chi connectivity index (χ3n) is 6.54. The van der Waals surface area contributed by atoms with Crippen LogP contribution >= 0.6 is 0 Å². The van der Waals surface area contributed by atoms with Crippen molar-refractivity contribution in [2.24, 2.45) is 11.7 Å². The van der Waals surface area contributed by atoms with Gasteiger partial charge in [-0.1, -0.05) is 6.07 Å². The molecule has 1 fully saturated rings. The van der Waals surface area contributed by atoms with Crippen LogP contribution in [0.25, 0.3) is 16.9 Å². The monoisotopic (exact) mass is 473 g/mol. The highest BCUT2D eigenvalue weighted by atomic mass is 19.1. The van der Waals surface area contributed by atoms with Crippen molar-refractivity contribution in [3.8, 4) is 11.3 Å². The van der Waals surface area contributed by atoms with Crippen molar-refractivity contribution < 1.29 is 9.18 Å². The zero-order valence-corrected chi connectivity index (χ0v) is 19.5. The topological polar surface area (TPSA) is 101 Å². The van der Waals surface area contributed by atoms with Crippen LogP contribution in [-0.2, 0) is 0 Å². The van der Waals surface area contributed by atoms with E-state index in [1.165, 1.54) is 25.0 Å². The number of carbonyl (C=O) groups excluding carboxylic acids is 1. The minimum Gasteiger partial charge on any atom is -0.385 e. The molecule has 0 saturated carbocycles. The van der Waals surface area contributed by atoms with E-state index in [2.05, 4.69) is 44.7 Å². The van der Waals surface area contributed by atoms with Crippen molar-refractivity contribution in [2.45, 2.75) is 12.8 Å². The number of likely N-dealkylation sites (tertiary alicyclic amines) is 1. The second kappa shape index (κ2) is 9.71. The molecule has 0 unspecified atom stereocenters. The van der Waals surface area contributed by atoms with E-state index in [0.29, 0.717) is 28.6 Å². The zero-order valence-electron chi connectivity index (χ0n) is 19.5. The van der Waals surface area contributed by atoms with Crippen molar-refractivity contribution in [3.05, 3.63) is 72.4 Å². The second-order valence-corrected chi connectivity index (χ2v) is 9.00. The van der Waals surface area contributed by atoms with Crippen molar-refractivity contribution in [1.82, 2.24) is 19.3 Å². The van der Waals surface area contributed by atoms with Gasteiger partial charge in [-0.15, -0.1) is 0 Å². The Balaban J connectivity index is 1.30. The number of nitrogens with one attached hydrogen (secondary N) is 2. The van der Waals surface area contributed by atoms with Gasteiger partial charge in [0.15, 0.2) is 11.5 Å². The Morgan fingerprint density at radius 3 is 2.57 bits per heavy atom. The average Bonchev–Trinajstić information content (AvgIpc) is 3.35. The highest BCUT2D eigenvalue weighted by Crippen LogP contribution is 2.27. The number of hydrogen-bond donors (Lipinski definition) is 3. The number of imidazole rings is 1. The number of hydrogen-bond acceptors (Lipinski definition) is 6. The van der Waals surface area contributed by atoms with Gasteiger partial charge in [-0.05, 0) is 75.3 Å². The molecule has 0 spiro atoms. The van der Waals surface area contributed by atoms with Crippen LogP contribution in [0.3, 0.4) is 0 Å².